The number of rotatable bonds is 4. The summed E-state index contributed by atoms with van der Waals surface area (Å²) in [7, 11) is 0. The molecule has 1 aromatic heterocycles. The normalized spacial score (nSPS) is 17.2. The summed E-state index contributed by atoms with van der Waals surface area (Å²) in [6.07, 6.45) is 1.73. The van der Waals surface area contributed by atoms with Gasteiger partial charge in [0.15, 0.2) is 6.23 Å². The van der Waals surface area contributed by atoms with Crippen LogP contribution in [-0.4, -0.2) is 28.1 Å². The van der Waals surface area contributed by atoms with E-state index in [-0.39, 0.29) is 6.23 Å². The van der Waals surface area contributed by atoms with Crippen LogP contribution in [0, 0.1) is 6.92 Å². The molecule has 1 fully saturated rings. The summed E-state index contributed by atoms with van der Waals surface area (Å²) in [5.41, 5.74) is 4.20. The van der Waals surface area contributed by atoms with E-state index < -0.39 is 0 Å². The first-order chi connectivity index (χ1) is 12.2. The molecule has 1 aliphatic heterocycles. The Balaban J connectivity index is 1.54. The molecule has 1 aliphatic rings. The quantitative estimate of drug-likeness (QED) is 0.714. The first-order valence-electron chi connectivity index (χ1n) is 8.29. The fraction of sp³-hybridized carbons (Fsp3) is 0.263. The third-order valence-electron chi connectivity index (χ3n) is 4.36. The molecular weight excluding hydrogens is 336 g/mol. The molecule has 0 radical (unpaired) electrons. The molecule has 5 nitrogen and oxygen atoms in total. The van der Waals surface area contributed by atoms with E-state index in [2.05, 4.69) is 46.4 Å². The molecule has 6 heteroatoms. The van der Waals surface area contributed by atoms with Crippen molar-refractivity contribution in [1.29, 1.82) is 0 Å². The Morgan fingerprint density at radius 1 is 1.16 bits per heavy atom. The van der Waals surface area contributed by atoms with Gasteiger partial charge >= 0.3 is 0 Å². The summed E-state index contributed by atoms with van der Waals surface area (Å²) in [5.74, 6) is 0. The van der Waals surface area contributed by atoms with Gasteiger partial charge in [0.05, 0.1) is 19.3 Å². The molecule has 0 aliphatic carbocycles. The second-order valence-electron chi connectivity index (χ2n) is 6.18. The van der Waals surface area contributed by atoms with Crippen LogP contribution in [0.15, 0.2) is 54.7 Å². The molecule has 1 atom stereocenters. The van der Waals surface area contributed by atoms with Crippen molar-refractivity contribution in [2.45, 2.75) is 19.7 Å². The highest BCUT2D eigenvalue weighted by atomic mass is 35.5. The first-order valence-corrected chi connectivity index (χ1v) is 8.67. The van der Waals surface area contributed by atoms with Crippen LogP contribution in [-0.2, 0) is 11.3 Å². The van der Waals surface area contributed by atoms with Gasteiger partial charge in [-0.3, -0.25) is 0 Å². The lowest BCUT2D eigenvalue weighted by Crippen LogP contribution is -2.23. The molecule has 25 heavy (non-hydrogen) atoms. The summed E-state index contributed by atoms with van der Waals surface area (Å²) < 4.78 is 7.70. The van der Waals surface area contributed by atoms with E-state index in [0.29, 0.717) is 13.2 Å². The zero-order chi connectivity index (χ0) is 17.2. The summed E-state index contributed by atoms with van der Waals surface area (Å²) in [6.45, 7) is 4.19. The Hall–Kier alpha value is -2.37. The summed E-state index contributed by atoms with van der Waals surface area (Å²) in [5, 5.41) is 9.30. The van der Waals surface area contributed by atoms with Crippen molar-refractivity contribution in [2.75, 3.05) is 18.1 Å². The Morgan fingerprint density at radius 2 is 1.96 bits per heavy atom. The van der Waals surface area contributed by atoms with Gasteiger partial charge in [-0.15, -0.1) is 5.10 Å². The largest absolute Gasteiger partial charge is 0.350 e. The fourth-order valence-corrected chi connectivity index (χ4v) is 3.22. The topological polar surface area (TPSA) is 43.2 Å². The molecule has 0 spiro atoms. The van der Waals surface area contributed by atoms with E-state index in [1.807, 2.05) is 30.5 Å². The minimum Gasteiger partial charge on any atom is -0.350 e. The predicted octanol–water partition coefficient (Wildman–Crippen LogP) is 3.82. The van der Waals surface area contributed by atoms with Crippen LogP contribution in [0.2, 0.25) is 5.02 Å². The van der Waals surface area contributed by atoms with Gasteiger partial charge in [0.25, 0.3) is 0 Å². The van der Waals surface area contributed by atoms with Gasteiger partial charge in [0.2, 0.25) is 0 Å². The fourth-order valence-electron chi connectivity index (χ4n) is 3.02. The molecule has 0 amide bonds. The average Bonchev–Trinajstić information content (AvgIpc) is 3.27. The number of halogens is 1. The van der Waals surface area contributed by atoms with Crippen molar-refractivity contribution in [1.82, 2.24) is 15.0 Å². The van der Waals surface area contributed by atoms with Crippen LogP contribution >= 0.6 is 11.6 Å². The highest BCUT2D eigenvalue weighted by Gasteiger charge is 2.29. The molecular formula is C19H19ClN4O. The minimum absolute atomic E-state index is 0.206. The monoisotopic (exact) mass is 354 g/mol. The predicted molar refractivity (Wildman–Crippen MR) is 97.8 cm³/mol. The lowest BCUT2D eigenvalue weighted by molar-refractivity contribution is 0.110. The standard InChI is InChI=1S/C19H19ClN4O/c1-14-6-8-16(9-7-14)24-10-11-25-19(24)18-13-23(22-21-18)12-15-4-2-3-5-17(15)20/h2-9,13,19H,10-12H2,1H3/t19-/m0/s1. The number of aromatic nitrogens is 3. The lowest BCUT2D eigenvalue weighted by atomic mass is 10.2. The van der Waals surface area contributed by atoms with Crippen LogP contribution in [0.5, 0.6) is 0 Å². The van der Waals surface area contributed by atoms with Gasteiger partial charge in [0, 0.05) is 17.3 Å². The maximum Gasteiger partial charge on any atom is 0.177 e. The lowest BCUT2D eigenvalue weighted by Gasteiger charge is -2.23. The van der Waals surface area contributed by atoms with Crippen LogP contribution in [0.4, 0.5) is 5.69 Å². The van der Waals surface area contributed by atoms with Gasteiger partial charge < -0.3 is 9.64 Å². The van der Waals surface area contributed by atoms with Crippen molar-refractivity contribution in [3.05, 3.63) is 76.6 Å². The number of nitrogens with zero attached hydrogens (tertiary/aromatic N) is 4. The second-order valence-corrected chi connectivity index (χ2v) is 6.59. The van der Waals surface area contributed by atoms with E-state index in [9.17, 15) is 0 Å². The minimum atomic E-state index is -0.206. The van der Waals surface area contributed by atoms with E-state index in [0.717, 1.165) is 28.5 Å². The highest BCUT2D eigenvalue weighted by molar-refractivity contribution is 6.31. The first kappa shape index (κ1) is 16.1. The van der Waals surface area contributed by atoms with Crippen LogP contribution in [0.25, 0.3) is 0 Å². The maximum absolute atomic E-state index is 6.23. The molecule has 1 saturated heterocycles. The van der Waals surface area contributed by atoms with Crippen molar-refractivity contribution in [3.63, 3.8) is 0 Å². The summed E-state index contributed by atoms with van der Waals surface area (Å²) in [6, 6.07) is 16.2. The SMILES string of the molecule is Cc1ccc(N2CCO[C@H]2c2cn(Cc3ccccc3Cl)nn2)cc1. The molecule has 0 bridgehead atoms. The Morgan fingerprint density at radius 3 is 2.76 bits per heavy atom. The van der Waals surface area contributed by atoms with E-state index in [1.54, 1.807) is 4.68 Å². The van der Waals surface area contributed by atoms with Gasteiger partial charge in [-0.1, -0.05) is 52.7 Å². The van der Waals surface area contributed by atoms with Crippen LogP contribution < -0.4 is 4.90 Å². The Kier molecular flexibility index (Phi) is 4.42. The number of benzene rings is 2. The van der Waals surface area contributed by atoms with Crippen molar-refractivity contribution in [3.8, 4) is 0 Å². The van der Waals surface area contributed by atoms with Crippen molar-refractivity contribution < 1.29 is 4.74 Å². The van der Waals surface area contributed by atoms with Crippen molar-refractivity contribution in [2.24, 2.45) is 0 Å². The summed E-state index contributed by atoms with van der Waals surface area (Å²) >= 11 is 6.23. The summed E-state index contributed by atoms with van der Waals surface area (Å²) in [4.78, 5) is 2.21. The number of hydrogen-bond donors (Lipinski definition) is 0. The number of anilines is 1. The zero-order valence-electron chi connectivity index (χ0n) is 14.0. The van der Waals surface area contributed by atoms with Gasteiger partial charge in [-0.25, -0.2) is 4.68 Å². The highest BCUT2D eigenvalue weighted by Crippen LogP contribution is 2.31. The van der Waals surface area contributed by atoms with Crippen molar-refractivity contribution >= 4 is 17.3 Å². The number of ether oxygens (including phenoxy) is 1. The molecule has 3 aromatic rings. The molecule has 0 saturated carbocycles. The van der Waals surface area contributed by atoms with Gasteiger partial charge in [-0.2, -0.15) is 0 Å². The molecule has 128 valence electrons. The number of aryl methyl sites for hydroxylation is 1. The average molecular weight is 355 g/mol. The third-order valence-corrected chi connectivity index (χ3v) is 4.72. The van der Waals surface area contributed by atoms with Crippen LogP contribution in [0.1, 0.15) is 23.0 Å². The van der Waals surface area contributed by atoms with E-state index in [1.165, 1.54) is 5.56 Å². The van der Waals surface area contributed by atoms with Crippen LogP contribution in [0.3, 0.4) is 0 Å². The zero-order valence-corrected chi connectivity index (χ0v) is 14.7. The molecule has 0 unspecified atom stereocenters. The van der Waals surface area contributed by atoms with Gasteiger partial charge in [0.1, 0.15) is 5.69 Å². The Labute approximate surface area is 151 Å². The smallest absolute Gasteiger partial charge is 0.177 e. The maximum atomic E-state index is 6.23. The Bertz CT molecular complexity index is 862. The van der Waals surface area contributed by atoms with E-state index >= 15 is 0 Å². The van der Waals surface area contributed by atoms with E-state index in [4.69, 9.17) is 16.3 Å². The number of hydrogen-bond acceptors (Lipinski definition) is 4. The molecule has 2 aromatic carbocycles. The molecule has 4 rings (SSSR count). The van der Waals surface area contributed by atoms with Gasteiger partial charge in [-0.05, 0) is 30.7 Å². The second kappa shape index (κ2) is 6.86. The third kappa shape index (κ3) is 3.38. The molecule has 0 N–H and O–H groups in total. The molecule has 2 heterocycles.